The van der Waals surface area contributed by atoms with Gasteiger partial charge < -0.3 is 10.4 Å². The average Bonchev–Trinajstić information content (AvgIpc) is 2.61. The summed E-state index contributed by atoms with van der Waals surface area (Å²) < 4.78 is 0. The molecule has 0 atom stereocenters. The van der Waals surface area contributed by atoms with Crippen molar-refractivity contribution in [2.24, 2.45) is 0 Å². The number of halogens is 1. The molecule has 0 fully saturated rings. The Labute approximate surface area is 143 Å². The molecule has 2 aromatic carbocycles. The van der Waals surface area contributed by atoms with Crippen LogP contribution in [0.15, 0.2) is 60.9 Å². The summed E-state index contributed by atoms with van der Waals surface area (Å²) in [5.41, 5.74) is 2.41. The largest absolute Gasteiger partial charge is 0.392 e. The summed E-state index contributed by atoms with van der Waals surface area (Å²) in [6, 6.07) is 15.2. The third-order valence-corrected chi connectivity index (χ3v) is 4.20. The van der Waals surface area contributed by atoms with Crippen molar-refractivity contribution in [2.45, 2.75) is 6.61 Å². The van der Waals surface area contributed by atoms with Gasteiger partial charge in [0.05, 0.1) is 12.1 Å². The van der Waals surface area contributed by atoms with Crippen LogP contribution < -0.4 is 5.32 Å². The summed E-state index contributed by atoms with van der Waals surface area (Å²) >= 11 is 6.07. The summed E-state index contributed by atoms with van der Waals surface area (Å²) in [7, 11) is 0. The van der Waals surface area contributed by atoms with Gasteiger partial charge in [-0.25, -0.2) is 4.98 Å². The van der Waals surface area contributed by atoms with Gasteiger partial charge in [-0.1, -0.05) is 35.9 Å². The molecule has 0 aliphatic rings. The number of rotatable bonds is 3. The zero-order valence-corrected chi connectivity index (χ0v) is 13.5. The number of benzene rings is 2. The lowest BCUT2D eigenvalue weighted by Gasteiger charge is -2.13. The van der Waals surface area contributed by atoms with Gasteiger partial charge in [-0.2, -0.15) is 0 Å². The first-order chi connectivity index (χ1) is 11.8. The van der Waals surface area contributed by atoms with Gasteiger partial charge >= 0.3 is 0 Å². The molecular weight excluding hydrogens is 322 g/mol. The molecular formula is C19H14ClN3O. The first kappa shape index (κ1) is 14.9. The SMILES string of the molecule is OCc1cccc2c1nc(Nc1cccc(Cl)c1)c1ccncc12. The van der Waals surface area contributed by atoms with Crippen molar-refractivity contribution >= 4 is 44.8 Å². The molecule has 0 saturated carbocycles. The lowest BCUT2D eigenvalue weighted by Crippen LogP contribution is -1.98. The Kier molecular flexibility index (Phi) is 3.76. The molecule has 24 heavy (non-hydrogen) atoms. The molecule has 0 radical (unpaired) electrons. The molecule has 0 aliphatic heterocycles. The van der Waals surface area contributed by atoms with Crippen molar-refractivity contribution in [3.8, 4) is 0 Å². The Morgan fingerprint density at radius 2 is 1.88 bits per heavy atom. The third kappa shape index (κ3) is 2.56. The van der Waals surface area contributed by atoms with E-state index in [9.17, 15) is 5.11 Å². The van der Waals surface area contributed by atoms with E-state index in [0.717, 1.165) is 32.9 Å². The molecule has 2 heterocycles. The lowest BCUT2D eigenvalue weighted by atomic mass is 10.0. The molecule has 2 aromatic heterocycles. The highest BCUT2D eigenvalue weighted by atomic mass is 35.5. The van der Waals surface area contributed by atoms with Crippen LogP contribution >= 0.6 is 11.6 Å². The van der Waals surface area contributed by atoms with E-state index in [1.165, 1.54) is 0 Å². The Balaban J connectivity index is 1.99. The van der Waals surface area contributed by atoms with Gasteiger partial charge in [0.1, 0.15) is 5.82 Å². The van der Waals surface area contributed by atoms with Gasteiger partial charge in [0.2, 0.25) is 0 Å². The second kappa shape index (κ2) is 6.07. The van der Waals surface area contributed by atoms with Crippen LogP contribution in [0.2, 0.25) is 5.02 Å². The number of anilines is 2. The van der Waals surface area contributed by atoms with Gasteiger partial charge in [0.25, 0.3) is 0 Å². The first-order valence-corrected chi connectivity index (χ1v) is 7.93. The number of aliphatic hydroxyl groups is 1. The van der Waals surface area contributed by atoms with Crippen LogP contribution in [-0.4, -0.2) is 15.1 Å². The predicted octanol–water partition coefficient (Wildman–Crippen LogP) is 4.67. The number of para-hydroxylation sites is 1. The van der Waals surface area contributed by atoms with Crippen molar-refractivity contribution in [1.29, 1.82) is 0 Å². The Bertz CT molecular complexity index is 1050. The fourth-order valence-corrected chi connectivity index (χ4v) is 3.04. The average molecular weight is 336 g/mol. The molecule has 118 valence electrons. The quantitative estimate of drug-likeness (QED) is 0.534. The van der Waals surface area contributed by atoms with E-state index >= 15 is 0 Å². The van der Waals surface area contributed by atoms with E-state index in [-0.39, 0.29) is 6.61 Å². The van der Waals surface area contributed by atoms with E-state index in [1.807, 2.05) is 54.7 Å². The molecule has 4 rings (SSSR count). The standard InChI is InChI=1S/C19H14ClN3O/c20-13-4-2-5-14(9-13)22-19-16-7-8-21-10-17(16)15-6-1-3-12(11-24)18(15)23-19/h1-10,24H,11H2,(H,22,23). The smallest absolute Gasteiger partial charge is 0.139 e. The number of fused-ring (bicyclic) bond motifs is 3. The van der Waals surface area contributed by atoms with Crippen molar-refractivity contribution < 1.29 is 5.11 Å². The van der Waals surface area contributed by atoms with Crippen molar-refractivity contribution in [3.05, 3.63) is 71.5 Å². The minimum Gasteiger partial charge on any atom is -0.392 e. The molecule has 2 N–H and O–H groups in total. The fourth-order valence-electron chi connectivity index (χ4n) is 2.85. The first-order valence-electron chi connectivity index (χ1n) is 7.55. The van der Waals surface area contributed by atoms with Crippen LogP contribution in [0.25, 0.3) is 21.7 Å². The molecule has 4 aromatic rings. The molecule has 0 saturated heterocycles. The lowest BCUT2D eigenvalue weighted by molar-refractivity contribution is 0.283. The highest BCUT2D eigenvalue weighted by molar-refractivity contribution is 6.30. The number of aromatic nitrogens is 2. The Morgan fingerprint density at radius 1 is 1.00 bits per heavy atom. The minimum absolute atomic E-state index is 0.0628. The Morgan fingerprint density at radius 3 is 2.71 bits per heavy atom. The van der Waals surface area contributed by atoms with E-state index in [4.69, 9.17) is 16.6 Å². The minimum atomic E-state index is -0.0628. The van der Waals surface area contributed by atoms with Crippen LogP contribution in [0.4, 0.5) is 11.5 Å². The topological polar surface area (TPSA) is 58.0 Å². The van der Waals surface area contributed by atoms with Crippen molar-refractivity contribution in [2.75, 3.05) is 5.32 Å². The second-order valence-electron chi connectivity index (χ2n) is 5.49. The third-order valence-electron chi connectivity index (χ3n) is 3.97. The van der Waals surface area contributed by atoms with Gasteiger partial charge in [0.15, 0.2) is 0 Å². The van der Waals surface area contributed by atoms with Gasteiger partial charge in [-0.15, -0.1) is 0 Å². The van der Waals surface area contributed by atoms with Crippen LogP contribution in [0.3, 0.4) is 0 Å². The zero-order chi connectivity index (χ0) is 16.5. The normalized spacial score (nSPS) is 11.1. The maximum absolute atomic E-state index is 9.63. The number of hydrogen-bond donors (Lipinski definition) is 2. The second-order valence-corrected chi connectivity index (χ2v) is 5.92. The van der Waals surface area contributed by atoms with E-state index in [1.54, 1.807) is 6.20 Å². The monoisotopic (exact) mass is 335 g/mol. The maximum Gasteiger partial charge on any atom is 0.139 e. The summed E-state index contributed by atoms with van der Waals surface area (Å²) in [6.07, 6.45) is 3.57. The number of hydrogen-bond acceptors (Lipinski definition) is 4. The molecule has 0 bridgehead atoms. The summed E-state index contributed by atoms with van der Waals surface area (Å²) in [6.45, 7) is -0.0628. The fraction of sp³-hybridized carbons (Fsp3) is 0.0526. The zero-order valence-electron chi connectivity index (χ0n) is 12.7. The highest BCUT2D eigenvalue weighted by Crippen LogP contribution is 2.32. The number of nitrogens with one attached hydrogen (secondary N) is 1. The van der Waals surface area contributed by atoms with E-state index in [0.29, 0.717) is 10.8 Å². The molecule has 0 amide bonds. The Hall–Kier alpha value is -2.69. The maximum atomic E-state index is 9.63. The van der Waals surface area contributed by atoms with Gasteiger partial charge in [-0.3, -0.25) is 4.98 Å². The molecule has 5 heteroatoms. The van der Waals surface area contributed by atoms with Crippen LogP contribution in [-0.2, 0) is 6.61 Å². The summed E-state index contributed by atoms with van der Waals surface area (Å²) in [5, 5.41) is 16.5. The molecule has 0 unspecified atom stereocenters. The number of aliphatic hydroxyl groups excluding tert-OH is 1. The van der Waals surface area contributed by atoms with Crippen molar-refractivity contribution in [1.82, 2.24) is 9.97 Å². The number of pyridine rings is 2. The van der Waals surface area contributed by atoms with Gasteiger partial charge in [0, 0.05) is 44.8 Å². The van der Waals surface area contributed by atoms with E-state index in [2.05, 4.69) is 10.3 Å². The van der Waals surface area contributed by atoms with Crippen LogP contribution in [0.1, 0.15) is 5.56 Å². The molecule has 4 nitrogen and oxygen atoms in total. The predicted molar refractivity (Wildman–Crippen MR) is 97.7 cm³/mol. The van der Waals surface area contributed by atoms with Crippen LogP contribution in [0, 0.1) is 0 Å². The van der Waals surface area contributed by atoms with Crippen molar-refractivity contribution in [3.63, 3.8) is 0 Å². The highest BCUT2D eigenvalue weighted by Gasteiger charge is 2.11. The molecule has 0 spiro atoms. The summed E-state index contributed by atoms with van der Waals surface area (Å²) in [5.74, 6) is 0.711. The summed E-state index contributed by atoms with van der Waals surface area (Å²) in [4.78, 5) is 9.00. The van der Waals surface area contributed by atoms with E-state index < -0.39 is 0 Å². The number of nitrogens with zero attached hydrogens (tertiary/aromatic N) is 2. The molecule has 0 aliphatic carbocycles. The van der Waals surface area contributed by atoms with Gasteiger partial charge in [-0.05, 0) is 24.3 Å². The van der Waals surface area contributed by atoms with Crippen LogP contribution in [0.5, 0.6) is 0 Å².